The highest BCUT2D eigenvalue weighted by Gasteiger charge is 2.14. The van der Waals surface area contributed by atoms with Gasteiger partial charge in [-0.05, 0) is 19.3 Å². The number of esters is 1. The van der Waals surface area contributed by atoms with Crippen molar-refractivity contribution in [1.29, 1.82) is 0 Å². The van der Waals surface area contributed by atoms with Crippen LogP contribution in [0.15, 0.2) is 0 Å². The van der Waals surface area contributed by atoms with Crippen molar-refractivity contribution < 1.29 is 19.0 Å². The summed E-state index contributed by atoms with van der Waals surface area (Å²) >= 11 is 0. The van der Waals surface area contributed by atoms with Crippen LogP contribution in [0.25, 0.3) is 0 Å². The number of ether oxygens (including phenoxy) is 3. The highest BCUT2D eigenvalue weighted by molar-refractivity contribution is 5.69. The SMILES string of the molecule is COC(=O)CCOC1CCCCO1. The van der Waals surface area contributed by atoms with Crippen molar-refractivity contribution in [2.24, 2.45) is 0 Å². The van der Waals surface area contributed by atoms with Crippen molar-refractivity contribution >= 4 is 5.97 Å². The maximum absolute atomic E-state index is 10.7. The molecule has 1 aliphatic heterocycles. The molecule has 0 saturated carbocycles. The Balaban J connectivity index is 2.01. The number of rotatable bonds is 4. The number of hydrogen-bond donors (Lipinski definition) is 0. The average molecular weight is 188 g/mol. The topological polar surface area (TPSA) is 44.8 Å². The molecule has 0 N–H and O–H groups in total. The number of carbonyl (C=O) groups excluding carboxylic acids is 1. The molecule has 76 valence electrons. The van der Waals surface area contributed by atoms with Crippen LogP contribution in [0.4, 0.5) is 0 Å². The fraction of sp³-hybridized carbons (Fsp3) is 0.889. The van der Waals surface area contributed by atoms with Gasteiger partial charge in [-0.3, -0.25) is 4.79 Å². The molecule has 0 aliphatic carbocycles. The van der Waals surface area contributed by atoms with Crippen molar-refractivity contribution in [3.05, 3.63) is 0 Å². The van der Waals surface area contributed by atoms with Crippen molar-refractivity contribution in [2.75, 3.05) is 20.3 Å². The van der Waals surface area contributed by atoms with Gasteiger partial charge in [-0.25, -0.2) is 0 Å². The second kappa shape index (κ2) is 5.94. The van der Waals surface area contributed by atoms with E-state index in [1.807, 2.05) is 0 Å². The van der Waals surface area contributed by atoms with Crippen LogP contribution in [0.3, 0.4) is 0 Å². The van der Waals surface area contributed by atoms with E-state index in [4.69, 9.17) is 9.47 Å². The molecule has 1 atom stereocenters. The number of hydrogen-bond acceptors (Lipinski definition) is 4. The van der Waals surface area contributed by atoms with Gasteiger partial charge in [-0.1, -0.05) is 0 Å². The zero-order chi connectivity index (χ0) is 9.52. The molecule has 1 heterocycles. The van der Waals surface area contributed by atoms with Gasteiger partial charge in [0.05, 0.1) is 20.1 Å². The maximum Gasteiger partial charge on any atom is 0.307 e. The third-order valence-electron chi connectivity index (χ3n) is 1.98. The summed E-state index contributed by atoms with van der Waals surface area (Å²) in [7, 11) is 1.37. The Hall–Kier alpha value is -0.610. The summed E-state index contributed by atoms with van der Waals surface area (Å²) in [5.41, 5.74) is 0. The average Bonchev–Trinajstić information content (AvgIpc) is 2.19. The molecule has 0 aromatic heterocycles. The van der Waals surface area contributed by atoms with E-state index in [0.717, 1.165) is 25.9 Å². The van der Waals surface area contributed by atoms with Gasteiger partial charge >= 0.3 is 5.97 Å². The highest BCUT2D eigenvalue weighted by atomic mass is 16.7. The molecular weight excluding hydrogens is 172 g/mol. The molecule has 1 saturated heterocycles. The van der Waals surface area contributed by atoms with Gasteiger partial charge in [0.1, 0.15) is 0 Å². The Morgan fingerprint density at radius 1 is 1.54 bits per heavy atom. The lowest BCUT2D eigenvalue weighted by Gasteiger charge is -2.22. The Morgan fingerprint density at radius 2 is 2.38 bits per heavy atom. The lowest BCUT2D eigenvalue weighted by molar-refractivity contribution is -0.168. The molecule has 4 nitrogen and oxygen atoms in total. The van der Waals surface area contributed by atoms with Gasteiger partial charge in [0, 0.05) is 6.61 Å². The predicted molar refractivity (Wildman–Crippen MR) is 46.2 cm³/mol. The Labute approximate surface area is 78.2 Å². The van der Waals surface area contributed by atoms with E-state index in [1.165, 1.54) is 7.11 Å². The van der Waals surface area contributed by atoms with Crippen LogP contribution in [0.2, 0.25) is 0 Å². The molecule has 0 aromatic carbocycles. The summed E-state index contributed by atoms with van der Waals surface area (Å²) in [5.74, 6) is -0.240. The van der Waals surface area contributed by atoms with Crippen LogP contribution in [0, 0.1) is 0 Å². The molecule has 1 fully saturated rings. The Bertz CT molecular complexity index is 152. The monoisotopic (exact) mass is 188 g/mol. The lowest BCUT2D eigenvalue weighted by Crippen LogP contribution is -2.23. The van der Waals surface area contributed by atoms with Gasteiger partial charge in [0.2, 0.25) is 0 Å². The van der Waals surface area contributed by atoms with E-state index in [9.17, 15) is 4.79 Å². The van der Waals surface area contributed by atoms with Crippen LogP contribution in [-0.4, -0.2) is 32.6 Å². The van der Waals surface area contributed by atoms with Crippen LogP contribution < -0.4 is 0 Å². The first kappa shape index (κ1) is 10.5. The van der Waals surface area contributed by atoms with Crippen LogP contribution in [-0.2, 0) is 19.0 Å². The van der Waals surface area contributed by atoms with Crippen LogP contribution in [0.5, 0.6) is 0 Å². The number of carbonyl (C=O) groups is 1. The minimum atomic E-state index is -0.240. The summed E-state index contributed by atoms with van der Waals surface area (Å²) in [4.78, 5) is 10.7. The molecule has 1 rings (SSSR count). The standard InChI is InChI=1S/C9H16O4/c1-11-8(10)5-7-13-9-4-2-3-6-12-9/h9H,2-7H2,1H3. The van der Waals surface area contributed by atoms with Crippen molar-refractivity contribution in [2.45, 2.75) is 32.0 Å². The molecule has 0 aromatic rings. The molecule has 0 radical (unpaired) electrons. The quantitative estimate of drug-likeness (QED) is 0.619. The smallest absolute Gasteiger partial charge is 0.307 e. The first-order valence-corrected chi connectivity index (χ1v) is 4.63. The Kier molecular flexibility index (Phi) is 4.78. The minimum Gasteiger partial charge on any atom is -0.469 e. The molecule has 13 heavy (non-hydrogen) atoms. The van der Waals surface area contributed by atoms with Crippen molar-refractivity contribution in [1.82, 2.24) is 0 Å². The lowest BCUT2D eigenvalue weighted by atomic mass is 10.2. The fourth-order valence-corrected chi connectivity index (χ4v) is 1.22. The largest absolute Gasteiger partial charge is 0.469 e. The minimum absolute atomic E-state index is 0.113. The third-order valence-corrected chi connectivity index (χ3v) is 1.98. The maximum atomic E-state index is 10.7. The van der Waals surface area contributed by atoms with E-state index in [2.05, 4.69) is 4.74 Å². The molecule has 0 amide bonds. The third kappa shape index (κ3) is 4.24. The number of methoxy groups -OCH3 is 1. The van der Waals surface area contributed by atoms with E-state index in [-0.39, 0.29) is 12.3 Å². The van der Waals surface area contributed by atoms with E-state index >= 15 is 0 Å². The second-order valence-electron chi connectivity index (χ2n) is 2.99. The fourth-order valence-electron chi connectivity index (χ4n) is 1.22. The molecular formula is C9H16O4. The molecule has 0 bridgehead atoms. The molecule has 1 unspecified atom stereocenters. The Morgan fingerprint density at radius 3 is 3.00 bits per heavy atom. The first-order chi connectivity index (χ1) is 6.33. The van der Waals surface area contributed by atoms with Crippen molar-refractivity contribution in [3.63, 3.8) is 0 Å². The van der Waals surface area contributed by atoms with Gasteiger partial charge in [0.25, 0.3) is 0 Å². The van der Waals surface area contributed by atoms with Crippen LogP contribution >= 0.6 is 0 Å². The predicted octanol–water partition coefficient (Wildman–Crippen LogP) is 1.09. The summed E-state index contributed by atoms with van der Waals surface area (Å²) in [6.45, 7) is 1.15. The van der Waals surface area contributed by atoms with Gasteiger partial charge < -0.3 is 14.2 Å². The summed E-state index contributed by atoms with van der Waals surface area (Å²) in [6, 6.07) is 0. The zero-order valence-electron chi connectivity index (χ0n) is 7.95. The molecule has 0 spiro atoms. The zero-order valence-corrected chi connectivity index (χ0v) is 7.95. The van der Waals surface area contributed by atoms with E-state index in [0.29, 0.717) is 13.0 Å². The summed E-state index contributed by atoms with van der Waals surface area (Å²) in [5, 5.41) is 0. The van der Waals surface area contributed by atoms with Gasteiger partial charge in [0.15, 0.2) is 6.29 Å². The van der Waals surface area contributed by atoms with E-state index < -0.39 is 0 Å². The van der Waals surface area contributed by atoms with Crippen LogP contribution in [0.1, 0.15) is 25.7 Å². The summed E-state index contributed by atoms with van der Waals surface area (Å²) < 4.78 is 15.1. The molecule has 4 heteroatoms. The normalized spacial score (nSPS) is 22.7. The second-order valence-corrected chi connectivity index (χ2v) is 2.99. The first-order valence-electron chi connectivity index (χ1n) is 4.63. The van der Waals surface area contributed by atoms with Crippen molar-refractivity contribution in [3.8, 4) is 0 Å². The van der Waals surface area contributed by atoms with E-state index in [1.54, 1.807) is 0 Å². The van der Waals surface area contributed by atoms with Gasteiger partial charge in [-0.15, -0.1) is 0 Å². The molecule has 1 aliphatic rings. The van der Waals surface area contributed by atoms with Gasteiger partial charge in [-0.2, -0.15) is 0 Å². The highest BCUT2D eigenvalue weighted by Crippen LogP contribution is 2.13. The summed E-state index contributed by atoms with van der Waals surface area (Å²) in [6.07, 6.45) is 3.37.